The van der Waals surface area contributed by atoms with E-state index in [1.807, 2.05) is 14.0 Å². The molecule has 0 spiro atoms. The van der Waals surface area contributed by atoms with Crippen molar-refractivity contribution >= 4 is 6.09 Å². The van der Waals surface area contributed by atoms with Gasteiger partial charge in [0.15, 0.2) is 0 Å². The van der Waals surface area contributed by atoms with Gasteiger partial charge in [-0.25, -0.2) is 4.79 Å². The molecule has 0 radical (unpaired) electrons. The quantitative estimate of drug-likeness (QED) is 0.685. The van der Waals surface area contributed by atoms with Crippen molar-refractivity contribution in [3.05, 3.63) is 0 Å². The number of nitrogens with one attached hydrogen (secondary N) is 2. The van der Waals surface area contributed by atoms with Gasteiger partial charge in [-0.3, -0.25) is 0 Å². The third-order valence-electron chi connectivity index (χ3n) is 2.23. The van der Waals surface area contributed by atoms with Crippen molar-refractivity contribution in [3.63, 3.8) is 0 Å². The fourth-order valence-corrected chi connectivity index (χ4v) is 1.27. The van der Waals surface area contributed by atoms with Crippen molar-refractivity contribution in [2.24, 2.45) is 0 Å². The first-order valence-electron chi connectivity index (χ1n) is 4.84. The molecule has 1 amide bonds. The SMILES string of the molecule is CNCC(C)OC(=O)NC1CCC1. The van der Waals surface area contributed by atoms with Crippen molar-refractivity contribution in [1.29, 1.82) is 0 Å². The number of likely N-dealkylation sites (N-methyl/N-ethyl adjacent to an activating group) is 1. The molecule has 1 aliphatic carbocycles. The average molecular weight is 186 g/mol. The molecule has 2 N–H and O–H groups in total. The van der Waals surface area contributed by atoms with Crippen LogP contribution < -0.4 is 10.6 Å². The number of hydrogen-bond acceptors (Lipinski definition) is 3. The van der Waals surface area contributed by atoms with E-state index in [0.717, 1.165) is 12.8 Å². The van der Waals surface area contributed by atoms with Crippen molar-refractivity contribution in [2.75, 3.05) is 13.6 Å². The van der Waals surface area contributed by atoms with E-state index in [9.17, 15) is 4.79 Å². The number of amides is 1. The van der Waals surface area contributed by atoms with Crippen molar-refractivity contribution in [1.82, 2.24) is 10.6 Å². The maximum Gasteiger partial charge on any atom is 0.407 e. The Morgan fingerprint density at radius 1 is 1.62 bits per heavy atom. The smallest absolute Gasteiger partial charge is 0.407 e. The summed E-state index contributed by atoms with van der Waals surface area (Å²) in [7, 11) is 1.84. The largest absolute Gasteiger partial charge is 0.445 e. The molecular formula is C9H18N2O2. The van der Waals surface area contributed by atoms with E-state index >= 15 is 0 Å². The highest BCUT2D eigenvalue weighted by Gasteiger charge is 2.20. The van der Waals surface area contributed by atoms with E-state index in [1.54, 1.807) is 0 Å². The molecule has 4 heteroatoms. The lowest BCUT2D eigenvalue weighted by molar-refractivity contribution is 0.0998. The molecule has 1 rings (SSSR count). The van der Waals surface area contributed by atoms with Gasteiger partial charge in [-0.15, -0.1) is 0 Å². The zero-order valence-corrected chi connectivity index (χ0v) is 8.30. The van der Waals surface area contributed by atoms with Crippen LogP contribution in [0.1, 0.15) is 26.2 Å². The highest BCUT2D eigenvalue weighted by Crippen LogP contribution is 2.17. The molecule has 0 aromatic carbocycles. The van der Waals surface area contributed by atoms with Crippen LogP contribution in [-0.2, 0) is 4.74 Å². The number of rotatable bonds is 4. The lowest BCUT2D eigenvalue weighted by atomic mass is 9.93. The zero-order chi connectivity index (χ0) is 9.68. The Morgan fingerprint density at radius 3 is 2.77 bits per heavy atom. The highest BCUT2D eigenvalue weighted by atomic mass is 16.6. The van der Waals surface area contributed by atoms with Crippen LogP contribution in [0.4, 0.5) is 4.79 Å². The second-order valence-electron chi connectivity index (χ2n) is 3.55. The lowest BCUT2D eigenvalue weighted by Crippen LogP contribution is -2.41. The fraction of sp³-hybridized carbons (Fsp3) is 0.889. The van der Waals surface area contributed by atoms with Gasteiger partial charge >= 0.3 is 6.09 Å². The minimum atomic E-state index is -0.285. The summed E-state index contributed by atoms with van der Waals surface area (Å²) in [6, 6.07) is 0.356. The standard InChI is InChI=1S/C9H18N2O2/c1-7(6-10-2)13-9(12)11-8-4-3-5-8/h7-8,10H,3-6H2,1-2H3,(H,11,12). The van der Waals surface area contributed by atoms with E-state index in [-0.39, 0.29) is 12.2 Å². The van der Waals surface area contributed by atoms with Gasteiger partial charge in [0.1, 0.15) is 6.10 Å². The van der Waals surface area contributed by atoms with E-state index in [1.165, 1.54) is 6.42 Å². The van der Waals surface area contributed by atoms with Crippen LogP contribution >= 0.6 is 0 Å². The van der Waals surface area contributed by atoms with E-state index in [4.69, 9.17) is 4.74 Å². The summed E-state index contributed by atoms with van der Waals surface area (Å²) in [6.07, 6.45) is 3.06. The molecule has 0 bridgehead atoms. The van der Waals surface area contributed by atoms with Gasteiger partial charge in [0.05, 0.1) is 0 Å². The van der Waals surface area contributed by atoms with Gasteiger partial charge in [0, 0.05) is 12.6 Å². The molecule has 0 aromatic rings. The first kappa shape index (κ1) is 10.3. The van der Waals surface area contributed by atoms with Crippen LogP contribution in [0.2, 0.25) is 0 Å². The molecule has 4 nitrogen and oxygen atoms in total. The molecule has 76 valence electrons. The number of hydrogen-bond donors (Lipinski definition) is 2. The number of alkyl carbamates (subject to hydrolysis) is 1. The molecule has 0 aliphatic heterocycles. The number of ether oxygens (including phenoxy) is 1. The van der Waals surface area contributed by atoms with Gasteiger partial charge in [-0.2, -0.15) is 0 Å². The Balaban J connectivity index is 2.08. The maximum absolute atomic E-state index is 11.2. The predicted molar refractivity (Wildman–Crippen MR) is 50.6 cm³/mol. The zero-order valence-electron chi connectivity index (χ0n) is 8.30. The summed E-state index contributed by atoms with van der Waals surface area (Å²) in [6.45, 7) is 2.56. The van der Waals surface area contributed by atoms with Crippen molar-refractivity contribution in [2.45, 2.75) is 38.3 Å². The van der Waals surface area contributed by atoms with Crippen LogP contribution in [0.5, 0.6) is 0 Å². The number of carbonyl (C=O) groups is 1. The second kappa shape index (κ2) is 5.07. The summed E-state index contributed by atoms with van der Waals surface area (Å²) in [5.74, 6) is 0. The highest BCUT2D eigenvalue weighted by molar-refractivity contribution is 5.67. The molecule has 1 atom stereocenters. The second-order valence-corrected chi connectivity index (χ2v) is 3.55. The maximum atomic E-state index is 11.2. The molecule has 13 heavy (non-hydrogen) atoms. The first-order valence-corrected chi connectivity index (χ1v) is 4.84. The number of carbonyl (C=O) groups excluding carboxylic acids is 1. The van der Waals surface area contributed by atoms with Gasteiger partial charge in [-0.1, -0.05) is 0 Å². The molecular weight excluding hydrogens is 168 g/mol. The minimum Gasteiger partial charge on any atom is -0.445 e. The monoisotopic (exact) mass is 186 g/mol. The summed E-state index contributed by atoms with van der Waals surface area (Å²) >= 11 is 0. The summed E-state index contributed by atoms with van der Waals surface area (Å²) in [5.41, 5.74) is 0. The van der Waals surface area contributed by atoms with Gasteiger partial charge < -0.3 is 15.4 Å². The lowest BCUT2D eigenvalue weighted by Gasteiger charge is -2.26. The van der Waals surface area contributed by atoms with Gasteiger partial charge in [0.2, 0.25) is 0 Å². The molecule has 1 unspecified atom stereocenters. The molecule has 0 heterocycles. The summed E-state index contributed by atoms with van der Waals surface area (Å²) < 4.78 is 5.08. The van der Waals surface area contributed by atoms with E-state index < -0.39 is 0 Å². The molecule has 1 saturated carbocycles. The molecule has 0 saturated heterocycles. The normalized spacial score (nSPS) is 18.9. The molecule has 1 fully saturated rings. The van der Waals surface area contributed by atoms with Crippen LogP contribution in [0.15, 0.2) is 0 Å². The van der Waals surface area contributed by atoms with Crippen LogP contribution in [0, 0.1) is 0 Å². The third-order valence-corrected chi connectivity index (χ3v) is 2.23. The average Bonchev–Trinajstić information content (AvgIpc) is 1.97. The molecule has 1 aliphatic rings. The van der Waals surface area contributed by atoms with Crippen molar-refractivity contribution < 1.29 is 9.53 Å². The minimum absolute atomic E-state index is 0.0647. The topological polar surface area (TPSA) is 50.4 Å². The molecule has 0 aromatic heterocycles. The fourth-order valence-electron chi connectivity index (χ4n) is 1.27. The third kappa shape index (κ3) is 3.63. The Kier molecular flexibility index (Phi) is 4.02. The Morgan fingerprint density at radius 2 is 2.31 bits per heavy atom. The van der Waals surface area contributed by atoms with E-state index in [0.29, 0.717) is 12.6 Å². The van der Waals surface area contributed by atoms with Crippen LogP contribution in [0.25, 0.3) is 0 Å². The Labute approximate surface area is 79.0 Å². The van der Waals surface area contributed by atoms with Crippen LogP contribution in [0.3, 0.4) is 0 Å². The Bertz CT molecular complexity index is 169. The van der Waals surface area contributed by atoms with E-state index in [2.05, 4.69) is 10.6 Å². The summed E-state index contributed by atoms with van der Waals surface area (Å²) in [5, 5.41) is 5.77. The van der Waals surface area contributed by atoms with Gasteiger partial charge in [0.25, 0.3) is 0 Å². The predicted octanol–water partition coefficient (Wildman–Crippen LogP) is 0.873. The summed E-state index contributed by atoms with van der Waals surface area (Å²) in [4.78, 5) is 11.2. The van der Waals surface area contributed by atoms with Crippen LogP contribution in [-0.4, -0.2) is 31.8 Å². The first-order chi connectivity index (χ1) is 6.22. The Hall–Kier alpha value is -0.770. The van der Waals surface area contributed by atoms with Crippen molar-refractivity contribution in [3.8, 4) is 0 Å². The van der Waals surface area contributed by atoms with Gasteiger partial charge in [-0.05, 0) is 33.2 Å².